The fourth-order valence-corrected chi connectivity index (χ4v) is 4.45. The molecule has 4 rings (SSSR count). The Morgan fingerprint density at radius 1 is 1.26 bits per heavy atom. The van der Waals surface area contributed by atoms with Gasteiger partial charge in [-0.3, -0.25) is 9.59 Å². The monoisotopic (exact) mass is 470 g/mol. The summed E-state index contributed by atoms with van der Waals surface area (Å²) >= 11 is 0. The third-order valence-electron chi connectivity index (χ3n) is 6.31. The maximum atomic E-state index is 13.2. The number of carbonyl (C=O) groups is 2. The minimum absolute atomic E-state index is 0.0691. The van der Waals surface area contributed by atoms with Crippen LogP contribution in [0.3, 0.4) is 0 Å². The first-order valence-electron chi connectivity index (χ1n) is 11.3. The third-order valence-corrected chi connectivity index (χ3v) is 6.31. The van der Waals surface area contributed by atoms with Crippen molar-refractivity contribution in [2.75, 3.05) is 17.2 Å². The van der Waals surface area contributed by atoms with Crippen molar-refractivity contribution in [3.8, 4) is 0 Å². The summed E-state index contributed by atoms with van der Waals surface area (Å²) in [6.07, 6.45) is 10.4. The lowest BCUT2D eigenvalue weighted by molar-refractivity contribution is -0.117. The third kappa shape index (κ3) is 5.14. The van der Waals surface area contributed by atoms with Gasteiger partial charge in [0.2, 0.25) is 5.91 Å². The van der Waals surface area contributed by atoms with E-state index in [1.54, 1.807) is 30.5 Å². The van der Waals surface area contributed by atoms with Gasteiger partial charge >= 0.3 is 0 Å². The van der Waals surface area contributed by atoms with Crippen molar-refractivity contribution in [3.05, 3.63) is 101 Å². The fourth-order valence-electron chi connectivity index (χ4n) is 4.45. The zero-order valence-electron chi connectivity index (χ0n) is 19.4. The Morgan fingerprint density at radius 2 is 2.03 bits per heavy atom. The van der Waals surface area contributed by atoms with Crippen molar-refractivity contribution in [1.29, 1.82) is 0 Å². The molecule has 0 spiro atoms. The van der Waals surface area contributed by atoms with Crippen molar-refractivity contribution >= 4 is 35.4 Å². The van der Waals surface area contributed by atoms with Crippen molar-refractivity contribution in [2.45, 2.75) is 19.3 Å². The Bertz CT molecular complexity index is 1290. The first-order valence-corrected chi connectivity index (χ1v) is 11.3. The number of aldehydes is 1. The first kappa shape index (κ1) is 23.9. The molecule has 0 saturated heterocycles. The normalized spacial score (nSPS) is 19.4. The molecule has 4 N–H and O–H groups in total. The zero-order chi connectivity index (χ0) is 24.9. The van der Waals surface area contributed by atoms with Gasteiger partial charge in [-0.05, 0) is 60.2 Å². The smallest absolute Gasteiger partial charge is 0.228 e. The molecule has 0 radical (unpaired) electrons. The number of hydrogen-bond donors (Lipinski definition) is 3. The minimum atomic E-state index is -0.298. The van der Waals surface area contributed by atoms with Gasteiger partial charge in [0.1, 0.15) is 5.82 Å². The van der Waals surface area contributed by atoms with E-state index in [-0.39, 0.29) is 23.6 Å². The number of halogens is 1. The highest BCUT2D eigenvalue weighted by atomic mass is 19.1. The average Bonchev–Trinajstić information content (AvgIpc) is 3.65. The van der Waals surface area contributed by atoms with Gasteiger partial charge in [0.05, 0.1) is 6.21 Å². The van der Waals surface area contributed by atoms with Crippen LogP contribution in [-0.2, 0) is 4.79 Å². The van der Waals surface area contributed by atoms with Gasteiger partial charge in [0.25, 0.3) is 0 Å². The molecule has 35 heavy (non-hydrogen) atoms. The number of nitrogens with two attached hydrogens (primary N) is 1. The van der Waals surface area contributed by atoms with E-state index in [1.165, 1.54) is 12.1 Å². The van der Waals surface area contributed by atoms with Gasteiger partial charge < -0.3 is 16.5 Å². The lowest BCUT2D eigenvalue weighted by Crippen LogP contribution is -2.19. The van der Waals surface area contributed by atoms with Crippen molar-refractivity contribution in [2.24, 2.45) is 16.9 Å². The molecule has 1 heterocycles. The Hall–Kier alpha value is -4.26. The first-order chi connectivity index (χ1) is 17.0. The average molecular weight is 471 g/mol. The van der Waals surface area contributed by atoms with Crippen molar-refractivity contribution in [1.82, 2.24) is 0 Å². The topological polar surface area (TPSA) is 96.6 Å². The molecule has 6 nitrogen and oxygen atoms in total. The van der Waals surface area contributed by atoms with Crippen LogP contribution in [0.2, 0.25) is 0 Å². The quantitative estimate of drug-likeness (QED) is 0.163. The number of benzene rings is 2. The summed E-state index contributed by atoms with van der Waals surface area (Å²) in [7, 11) is 0. The molecule has 7 heteroatoms. The van der Waals surface area contributed by atoms with Gasteiger partial charge in [0, 0.05) is 40.5 Å². The van der Waals surface area contributed by atoms with Crippen LogP contribution in [0.25, 0.3) is 5.57 Å². The van der Waals surface area contributed by atoms with Crippen LogP contribution in [0.5, 0.6) is 0 Å². The number of allylic oxidation sites excluding steroid dienone is 5. The summed E-state index contributed by atoms with van der Waals surface area (Å²) in [6.45, 7) is 6.15. The van der Waals surface area contributed by atoms with E-state index < -0.39 is 0 Å². The highest BCUT2D eigenvalue weighted by Gasteiger charge is 2.44. The second-order valence-electron chi connectivity index (χ2n) is 8.59. The van der Waals surface area contributed by atoms with E-state index in [1.807, 2.05) is 31.2 Å². The van der Waals surface area contributed by atoms with Crippen LogP contribution < -0.4 is 16.5 Å². The predicted octanol–water partition coefficient (Wildman–Crippen LogP) is 5.19. The van der Waals surface area contributed by atoms with Gasteiger partial charge in [0.15, 0.2) is 6.29 Å². The maximum absolute atomic E-state index is 13.2. The maximum Gasteiger partial charge on any atom is 0.228 e. The summed E-state index contributed by atoms with van der Waals surface area (Å²) in [4.78, 5) is 24.9. The number of nitrogens with one attached hydrogen (secondary N) is 2. The Labute approximate surface area is 203 Å². The second-order valence-corrected chi connectivity index (χ2v) is 8.59. The van der Waals surface area contributed by atoms with Gasteiger partial charge in [-0.15, -0.1) is 0 Å². The molecular weight excluding hydrogens is 443 g/mol. The number of hydrazone groups is 1. The minimum Gasteiger partial charge on any atom is -0.380 e. The number of anilines is 2. The van der Waals surface area contributed by atoms with Gasteiger partial charge in [-0.25, -0.2) is 4.39 Å². The number of amides is 1. The molecule has 2 atom stereocenters. The summed E-state index contributed by atoms with van der Waals surface area (Å²) < 4.78 is 13.2. The molecule has 1 amide bonds. The molecule has 1 aliphatic heterocycles. The van der Waals surface area contributed by atoms with E-state index in [4.69, 9.17) is 5.84 Å². The lowest BCUT2D eigenvalue weighted by atomic mass is 9.88. The van der Waals surface area contributed by atoms with Crippen molar-refractivity contribution in [3.63, 3.8) is 0 Å². The summed E-state index contributed by atoms with van der Waals surface area (Å²) in [5.41, 5.74) is 5.99. The van der Waals surface area contributed by atoms with Gasteiger partial charge in [-0.1, -0.05) is 43.0 Å². The van der Waals surface area contributed by atoms with Crippen LogP contribution in [-0.4, -0.2) is 25.0 Å². The molecule has 2 aromatic rings. The molecule has 2 aliphatic rings. The van der Waals surface area contributed by atoms with Crippen LogP contribution in [0, 0.1) is 11.7 Å². The second kappa shape index (κ2) is 10.3. The predicted molar refractivity (Wildman–Crippen MR) is 139 cm³/mol. The molecule has 2 unspecified atom stereocenters. The number of carbonyl (C=O) groups excluding carboxylic acids is 2. The van der Waals surface area contributed by atoms with E-state index in [2.05, 4.69) is 22.3 Å². The Kier molecular flexibility index (Phi) is 7.06. The Balaban J connectivity index is 1.61. The molecule has 1 saturated carbocycles. The van der Waals surface area contributed by atoms with Crippen molar-refractivity contribution < 1.29 is 14.0 Å². The van der Waals surface area contributed by atoms with Crippen LogP contribution in [0.4, 0.5) is 15.8 Å². The van der Waals surface area contributed by atoms with Gasteiger partial charge in [-0.2, -0.15) is 5.10 Å². The highest BCUT2D eigenvalue weighted by Crippen LogP contribution is 2.48. The number of hydrogen-bond acceptors (Lipinski definition) is 5. The SMILES string of the molecule is C=C/C=C\C=C(/C)C1=C(/C=N\N)c2c(C=O)cc(NC(=O)C3CC3c3ccc(F)cc3)cc2NC1. The Morgan fingerprint density at radius 3 is 2.71 bits per heavy atom. The van der Waals surface area contributed by atoms with Crippen LogP contribution in [0.1, 0.15) is 40.7 Å². The summed E-state index contributed by atoms with van der Waals surface area (Å²) in [6, 6.07) is 9.72. The standard InChI is InChI=1S/C28H27FN4O2/c1-3-4-5-6-17(2)24-14-31-26-12-21(11-19(16-34)27(26)25(24)15-32-30)33-28(35)23-13-22(23)18-7-9-20(29)10-8-18/h3-12,15-16,22-23,31H,1,13-14,30H2,2H3,(H,33,35)/b5-4-,17-6+,32-15-. The molecule has 178 valence electrons. The largest absolute Gasteiger partial charge is 0.380 e. The molecule has 0 bridgehead atoms. The zero-order valence-corrected chi connectivity index (χ0v) is 19.4. The molecule has 1 fully saturated rings. The van der Waals surface area contributed by atoms with E-state index in [0.29, 0.717) is 35.5 Å². The number of fused-ring (bicyclic) bond motifs is 1. The van der Waals surface area contributed by atoms with E-state index >= 15 is 0 Å². The molecule has 0 aromatic heterocycles. The number of rotatable bonds is 8. The van der Waals surface area contributed by atoms with Crippen LogP contribution >= 0.6 is 0 Å². The lowest BCUT2D eigenvalue weighted by Gasteiger charge is -2.25. The summed E-state index contributed by atoms with van der Waals surface area (Å²) in [5.74, 6) is 4.96. The highest BCUT2D eigenvalue weighted by molar-refractivity contribution is 6.18. The molecular formula is C28H27FN4O2. The molecule has 1 aliphatic carbocycles. The number of nitrogens with zero attached hydrogens (tertiary/aromatic N) is 1. The van der Waals surface area contributed by atoms with Crippen LogP contribution in [0.15, 0.2) is 83.5 Å². The summed E-state index contributed by atoms with van der Waals surface area (Å²) in [5, 5.41) is 10.0. The fraction of sp³-hybridized carbons (Fsp3) is 0.179. The van der Waals surface area contributed by atoms with E-state index in [9.17, 15) is 14.0 Å². The molecule has 2 aromatic carbocycles. The van der Waals surface area contributed by atoms with E-state index in [0.717, 1.165) is 28.6 Å².